The van der Waals surface area contributed by atoms with E-state index >= 15 is 0 Å². The van der Waals surface area contributed by atoms with Crippen LogP contribution in [0.5, 0.6) is 0 Å². The lowest BCUT2D eigenvalue weighted by molar-refractivity contribution is 0.187. The van der Waals surface area contributed by atoms with Gasteiger partial charge in [-0.15, -0.1) is 0 Å². The topological polar surface area (TPSA) is 64.4 Å². The Morgan fingerprint density at radius 2 is 2.11 bits per heavy atom. The standard InChI is InChI=1S/C13H16N2O3/c1-13(2,3)11-8-6-5-7-9(10(8)18-15-11)14-12(16)17-4/h5-7H,1-4H3,(H,14,16). The predicted octanol–water partition coefficient (Wildman–Crippen LogP) is 3.30. The van der Waals surface area contributed by atoms with Gasteiger partial charge in [-0.3, -0.25) is 5.32 Å². The predicted molar refractivity (Wildman–Crippen MR) is 68.7 cm³/mol. The van der Waals surface area contributed by atoms with Gasteiger partial charge < -0.3 is 9.26 Å². The number of nitrogens with one attached hydrogen (secondary N) is 1. The highest BCUT2D eigenvalue weighted by atomic mass is 16.5. The number of aromatic nitrogens is 1. The van der Waals surface area contributed by atoms with Crippen LogP contribution < -0.4 is 5.32 Å². The number of anilines is 1. The fourth-order valence-corrected chi connectivity index (χ4v) is 1.76. The van der Waals surface area contributed by atoms with E-state index in [-0.39, 0.29) is 5.41 Å². The molecule has 0 bridgehead atoms. The summed E-state index contributed by atoms with van der Waals surface area (Å²) in [5.41, 5.74) is 1.87. The Morgan fingerprint density at radius 1 is 1.39 bits per heavy atom. The van der Waals surface area contributed by atoms with Gasteiger partial charge in [0.05, 0.1) is 18.5 Å². The minimum Gasteiger partial charge on any atom is -0.453 e. The molecule has 0 saturated carbocycles. The van der Waals surface area contributed by atoms with Gasteiger partial charge in [0.25, 0.3) is 0 Å². The number of amides is 1. The van der Waals surface area contributed by atoms with E-state index in [4.69, 9.17) is 4.52 Å². The molecule has 0 aliphatic carbocycles. The van der Waals surface area contributed by atoms with Gasteiger partial charge in [-0.05, 0) is 12.1 Å². The van der Waals surface area contributed by atoms with Crippen molar-refractivity contribution in [1.82, 2.24) is 5.16 Å². The molecule has 96 valence electrons. The lowest BCUT2D eigenvalue weighted by Gasteiger charge is -2.14. The third kappa shape index (κ3) is 2.16. The zero-order valence-electron chi connectivity index (χ0n) is 10.9. The molecule has 1 aromatic heterocycles. The van der Waals surface area contributed by atoms with E-state index in [9.17, 15) is 4.79 Å². The summed E-state index contributed by atoms with van der Waals surface area (Å²) in [6, 6.07) is 5.52. The summed E-state index contributed by atoms with van der Waals surface area (Å²) >= 11 is 0. The van der Waals surface area contributed by atoms with Crippen molar-refractivity contribution in [3.8, 4) is 0 Å². The number of carbonyl (C=O) groups is 1. The molecule has 0 spiro atoms. The van der Waals surface area contributed by atoms with Gasteiger partial charge in [-0.25, -0.2) is 4.79 Å². The van der Waals surface area contributed by atoms with E-state index in [2.05, 4.69) is 36.0 Å². The Kier molecular flexibility index (Phi) is 2.98. The molecule has 0 unspecified atom stereocenters. The second-order valence-corrected chi connectivity index (χ2v) is 5.08. The first kappa shape index (κ1) is 12.4. The first-order valence-corrected chi connectivity index (χ1v) is 5.67. The number of para-hydroxylation sites is 1. The monoisotopic (exact) mass is 248 g/mol. The molecule has 1 amide bonds. The maximum Gasteiger partial charge on any atom is 0.411 e. The Hall–Kier alpha value is -2.04. The molecule has 1 heterocycles. The minimum atomic E-state index is -0.531. The number of fused-ring (bicyclic) bond motifs is 1. The van der Waals surface area contributed by atoms with Crippen molar-refractivity contribution in [1.29, 1.82) is 0 Å². The van der Waals surface area contributed by atoms with Gasteiger partial charge in [0, 0.05) is 10.8 Å². The summed E-state index contributed by atoms with van der Waals surface area (Å²) in [6.07, 6.45) is -0.531. The number of benzene rings is 1. The van der Waals surface area contributed by atoms with Crippen LogP contribution in [0.25, 0.3) is 11.0 Å². The van der Waals surface area contributed by atoms with Crippen molar-refractivity contribution in [3.63, 3.8) is 0 Å². The van der Waals surface area contributed by atoms with Crippen molar-refractivity contribution in [2.75, 3.05) is 12.4 Å². The maximum atomic E-state index is 11.2. The summed E-state index contributed by atoms with van der Waals surface area (Å²) in [4.78, 5) is 11.2. The average molecular weight is 248 g/mol. The molecule has 1 N–H and O–H groups in total. The van der Waals surface area contributed by atoms with E-state index in [1.54, 1.807) is 6.07 Å². The highest BCUT2D eigenvalue weighted by Crippen LogP contribution is 2.32. The highest BCUT2D eigenvalue weighted by molar-refractivity contribution is 5.97. The first-order valence-electron chi connectivity index (χ1n) is 5.67. The van der Waals surface area contributed by atoms with Crippen molar-refractivity contribution in [2.24, 2.45) is 0 Å². The average Bonchev–Trinajstić information content (AvgIpc) is 2.73. The van der Waals surface area contributed by atoms with Gasteiger partial charge in [0.1, 0.15) is 0 Å². The van der Waals surface area contributed by atoms with Gasteiger partial charge in [-0.1, -0.05) is 32.0 Å². The number of hydrogen-bond donors (Lipinski definition) is 1. The van der Waals surface area contributed by atoms with E-state index in [1.165, 1.54) is 7.11 Å². The van der Waals surface area contributed by atoms with Crippen molar-refractivity contribution in [3.05, 3.63) is 23.9 Å². The van der Waals surface area contributed by atoms with E-state index in [0.29, 0.717) is 11.3 Å². The Bertz CT molecular complexity index is 581. The summed E-state index contributed by atoms with van der Waals surface area (Å²) in [5, 5.41) is 7.60. The van der Waals surface area contributed by atoms with Crippen molar-refractivity contribution < 1.29 is 14.1 Å². The molecule has 2 aromatic rings. The molecule has 0 atom stereocenters. The molecule has 0 aliphatic heterocycles. The van der Waals surface area contributed by atoms with Gasteiger partial charge in [0.2, 0.25) is 0 Å². The van der Waals surface area contributed by atoms with Crippen LogP contribution in [0.15, 0.2) is 22.7 Å². The van der Waals surface area contributed by atoms with Crippen LogP contribution in [0, 0.1) is 0 Å². The number of ether oxygens (including phenoxy) is 1. The van der Waals surface area contributed by atoms with Crippen LogP contribution in [-0.4, -0.2) is 18.4 Å². The highest BCUT2D eigenvalue weighted by Gasteiger charge is 2.23. The molecule has 0 radical (unpaired) electrons. The van der Waals surface area contributed by atoms with Gasteiger partial charge in [0.15, 0.2) is 5.58 Å². The normalized spacial score (nSPS) is 11.6. The molecular formula is C13H16N2O3. The number of rotatable bonds is 1. The summed E-state index contributed by atoms with van der Waals surface area (Å²) < 4.78 is 9.90. The van der Waals surface area contributed by atoms with E-state index in [0.717, 1.165) is 11.1 Å². The largest absolute Gasteiger partial charge is 0.453 e. The van der Waals surface area contributed by atoms with Crippen LogP contribution in [0.1, 0.15) is 26.5 Å². The van der Waals surface area contributed by atoms with E-state index in [1.807, 2.05) is 12.1 Å². The Balaban J connectivity index is 2.52. The number of hydrogen-bond acceptors (Lipinski definition) is 4. The minimum absolute atomic E-state index is 0.116. The number of nitrogens with zero attached hydrogens (tertiary/aromatic N) is 1. The van der Waals surface area contributed by atoms with Gasteiger partial charge in [-0.2, -0.15) is 0 Å². The van der Waals surface area contributed by atoms with Crippen LogP contribution >= 0.6 is 0 Å². The molecular weight excluding hydrogens is 232 g/mol. The zero-order chi connectivity index (χ0) is 13.3. The first-order chi connectivity index (χ1) is 8.43. The van der Waals surface area contributed by atoms with Crippen LogP contribution in [-0.2, 0) is 10.2 Å². The van der Waals surface area contributed by atoms with Crippen molar-refractivity contribution in [2.45, 2.75) is 26.2 Å². The SMILES string of the molecule is COC(=O)Nc1cccc2c(C(C)(C)C)noc12. The fourth-order valence-electron chi connectivity index (χ4n) is 1.76. The lowest BCUT2D eigenvalue weighted by Crippen LogP contribution is -2.12. The van der Waals surface area contributed by atoms with Gasteiger partial charge >= 0.3 is 6.09 Å². The summed E-state index contributed by atoms with van der Waals surface area (Å²) in [7, 11) is 1.32. The van der Waals surface area contributed by atoms with Crippen molar-refractivity contribution >= 4 is 22.7 Å². The molecule has 0 fully saturated rings. The molecule has 18 heavy (non-hydrogen) atoms. The third-order valence-electron chi connectivity index (χ3n) is 2.63. The lowest BCUT2D eigenvalue weighted by atomic mass is 9.90. The molecule has 2 rings (SSSR count). The third-order valence-corrected chi connectivity index (χ3v) is 2.63. The molecule has 0 saturated heterocycles. The smallest absolute Gasteiger partial charge is 0.411 e. The molecule has 1 aromatic carbocycles. The fraction of sp³-hybridized carbons (Fsp3) is 0.385. The number of methoxy groups -OCH3 is 1. The van der Waals surface area contributed by atoms with Crippen LogP contribution in [0.2, 0.25) is 0 Å². The zero-order valence-corrected chi connectivity index (χ0v) is 10.9. The Morgan fingerprint density at radius 3 is 2.72 bits per heavy atom. The molecule has 5 heteroatoms. The quantitative estimate of drug-likeness (QED) is 0.840. The van der Waals surface area contributed by atoms with E-state index < -0.39 is 6.09 Å². The summed E-state index contributed by atoms with van der Waals surface area (Å²) in [6.45, 7) is 6.18. The maximum absolute atomic E-state index is 11.2. The summed E-state index contributed by atoms with van der Waals surface area (Å²) in [5.74, 6) is 0. The Labute approximate surface area is 105 Å². The molecule has 0 aliphatic rings. The van der Waals surface area contributed by atoms with Crippen LogP contribution in [0.4, 0.5) is 10.5 Å². The molecule has 5 nitrogen and oxygen atoms in total. The van der Waals surface area contributed by atoms with Crippen LogP contribution in [0.3, 0.4) is 0 Å². The second-order valence-electron chi connectivity index (χ2n) is 5.08. The number of carbonyl (C=O) groups excluding carboxylic acids is 1. The second kappa shape index (κ2) is 4.33.